The maximum atomic E-state index is 11.8. The number of rotatable bonds is 4. The summed E-state index contributed by atoms with van der Waals surface area (Å²) in [6.07, 6.45) is 0. The first-order valence-corrected chi connectivity index (χ1v) is 7.81. The number of morpholine rings is 1. The van der Waals surface area contributed by atoms with E-state index in [-0.39, 0.29) is 5.78 Å². The van der Waals surface area contributed by atoms with E-state index in [1.165, 1.54) is 0 Å². The molecule has 0 atom stereocenters. The van der Waals surface area contributed by atoms with Crippen molar-refractivity contribution in [2.75, 3.05) is 38.3 Å². The zero-order valence-corrected chi connectivity index (χ0v) is 13.5. The van der Waals surface area contributed by atoms with E-state index >= 15 is 0 Å². The maximum absolute atomic E-state index is 11.8. The quantitative estimate of drug-likeness (QED) is 0.811. The Morgan fingerprint density at radius 1 is 1.13 bits per heavy atom. The first kappa shape index (κ1) is 15.6. The largest absolute Gasteiger partial charge is 0.497 e. The second-order valence-corrected chi connectivity index (χ2v) is 5.62. The number of nitrogens with zero attached hydrogens (tertiary/aromatic N) is 1. The minimum absolute atomic E-state index is 0.0719. The Morgan fingerprint density at radius 3 is 2.61 bits per heavy atom. The molecule has 0 saturated carbocycles. The molecule has 4 nitrogen and oxygen atoms in total. The molecule has 0 aliphatic carbocycles. The standard InChI is InChI=1S/C19H21NO3/c1-14(21)15-6-7-19(20-8-10-23-11-9-20)18(13-15)16-4-3-5-17(12-16)22-2/h3-7,12-13H,8-11H2,1-2H3. The molecule has 1 heterocycles. The van der Waals surface area contributed by atoms with Crippen molar-refractivity contribution >= 4 is 11.5 Å². The molecule has 23 heavy (non-hydrogen) atoms. The lowest BCUT2D eigenvalue weighted by Gasteiger charge is -2.31. The molecular weight excluding hydrogens is 290 g/mol. The molecule has 4 heteroatoms. The summed E-state index contributed by atoms with van der Waals surface area (Å²) in [6, 6.07) is 13.9. The van der Waals surface area contributed by atoms with Gasteiger partial charge < -0.3 is 14.4 Å². The van der Waals surface area contributed by atoms with E-state index in [0.29, 0.717) is 0 Å². The predicted octanol–water partition coefficient (Wildman–Crippen LogP) is 3.40. The number of methoxy groups -OCH3 is 1. The molecule has 120 valence electrons. The van der Waals surface area contributed by atoms with Crippen molar-refractivity contribution in [2.45, 2.75) is 6.92 Å². The van der Waals surface area contributed by atoms with Gasteiger partial charge in [-0.3, -0.25) is 4.79 Å². The fourth-order valence-electron chi connectivity index (χ4n) is 2.86. The van der Waals surface area contributed by atoms with Crippen LogP contribution in [0.3, 0.4) is 0 Å². The molecule has 0 N–H and O–H groups in total. The van der Waals surface area contributed by atoms with Gasteiger partial charge in [0.05, 0.1) is 20.3 Å². The van der Waals surface area contributed by atoms with Crippen LogP contribution in [-0.4, -0.2) is 39.2 Å². The molecule has 0 bridgehead atoms. The van der Waals surface area contributed by atoms with Gasteiger partial charge in [-0.1, -0.05) is 12.1 Å². The van der Waals surface area contributed by atoms with Crippen LogP contribution in [0.15, 0.2) is 42.5 Å². The minimum Gasteiger partial charge on any atom is -0.497 e. The number of hydrogen-bond acceptors (Lipinski definition) is 4. The normalized spacial score (nSPS) is 14.6. The van der Waals surface area contributed by atoms with Gasteiger partial charge in [0.2, 0.25) is 0 Å². The highest BCUT2D eigenvalue weighted by Crippen LogP contribution is 2.34. The van der Waals surface area contributed by atoms with Crippen molar-refractivity contribution in [1.29, 1.82) is 0 Å². The van der Waals surface area contributed by atoms with Gasteiger partial charge in [0.15, 0.2) is 5.78 Å². The number of ketones is 1. The lowest BCUT2D eigenvalue weighted by atomic mass is 9.98. The SMILES string of the molecule is COc1cccc(-c2cc(C(C)=O)ccc2N2CCOCC2)c1. The molecule has 2 aromatic rings. The Bertz CT molecular complexity index is 706. The van der Waals surface area contributed by atoms with Crippen LogP contribution in [0.25, 0.3) is 11.1 Å². The summed E-state index contributed by atoms with van der Waals surface area (Å²) in [6.45, 7) is 4.77. The molecule has 1 aliphatic heterocycles. The first-order valence-electron chi connectivity index (χ1n) is 7.81. The average Bonchev–Trinajstić information content (AvgIpc) is 2.62. The topological polar surface area (TPSA) is 38.8 Å². The molecule has 0 aromatic heterocycles. The third-order valence-electron chi connectivity index (χ3n) is 4.14. The number of hydrogen-bond donors (Lipinski definition) is 0. The third kappa shape index (κ3) is 3.37. The van der Waals surface area contributed by atoms with Crippen LogP contribution < -0.4 is 9.64 Å². The smallest absolute Gasteiger partial charge is 0.159 e. The zero-order valence-electron chi connectivity index (χ0n) is 13.5. The lowest BCUT2D eigenvalue weighted by Crippen LogP contribution is -2.36. The second kappa shape index (κ2) is 6.84. The van der Waals surface area contributed by atoms with Crippen molar-refractivity contribution < 1.29 is 14.3 Å². The predicted molar refractivity (Wildman–Crippen MR) is 91.5 cm³/mol. The molecular formula is C19H21NO3. The number of anilines is 1. The molecule has 1 aliphatic rings. The monoisotopic (exact) mass is 311 g/mol. The summed E-state index contributed by atoms with van der Waals surface area (Å²) in [5.74, 6) is 0.881. The van der Waals surface area contributed by atoms with Gasteiger partial charge in [-0.25, -0.2) is 0 Å². The number of benzene rings is 2. The van der Waals surface area contributed by atoms with E-state index in [2.05, 4.69) is 4.90 Å². The van der Waals surface area contributed by atoms with E-state index in [0.717, 1.165) is 54.4 Å². The molecule has 3 rings (SSSR count). The summed E-state index contributed by atoms with van der Waals surface area (Å²) in [4.78, 5) is 14.1. The highest BCUT2D eigenvalue weighted by Gasteiger charge is 2.17. The Hall–Kier alpha value is -2.33. The van der Waals surface area contributed by atoms with Crippen LogP contribution in [0.5, 0.6) is 5.75 Å². The highest BCUT2D eigenvalue weighted by atomic mass is 16.5. The fraction of sp³-hybridized carbons (Fsp3) is 0.316. The van der Waals surface area contributed by atoms with Gasteiger partial charge in [-0.2, -0.15) is 0 Å². The molecule has 1 fully saturated rings. The first-order chi connectivity index (χ1) is 11.2. The second-order valence-electron chi connectivity index (χ2n) is 5.62. The maximum Gasteiger partial charge on any atom is 0.159 e. The molecule has 2 aromatic carbocycles. The Labute approximate surface area is 136 Å². The van der Waals surface area contributed by atoms with Crippen LogP contribution in [0.1, 0.15) is 17.3 Å². The van der Waals surface area contributed by atoms with Crippen molar-refractivity contribution in [1.82, 2.24) is 0 Å². The van der Waals surface area contributed by atoms with Gasteiger partial charge in [-0.05, 0) is 42.8 Å². The summed E-state index contributed by atoms with van der Waals surface area (Å²) in [5.41, 5.74) is 3.96. The van der Waals surface area contributed by atoms with Gasteiger partial charge in [0.25, 0.3) is 0 Å². The molecule has 0 radical (unpaired) electrons. The highest BCUT2D eigenvalue weighted by molar-refractivity contribution is 5.97. The van der Waals surface area contributed by atoms with Crippen molar-refractivity contribution in [2.24, 2.45) is 0 Å². The number of carbonyl (C=O) groups excluding carboxylic acids is 1. The van der Waals surface area contributed by atoms with Crippen LogP contribution in [0.4, 0.5) is 5.69 Å². The van der Waals surface area contributed by atoms with Gasteiger partial charge in [0.1, 0.15) is 5.75 Å². The van der Waals surface area contributed by atoms with Crippen molar-refractivity contribution in [3.05, 3.63) is 48.0 Å². The summed E-state index contributed by atoms with van der Waals surface area (Å²) < 4.78 is 10.8. The van der Waals surface area contributed by atoms with Gasteiger partial charge in [-0.15, -0.1) is 0 Å². The Kier molecular flexibility index (Phi) is 4.63. The van der Waals surface area contributed by atoms with E-state index in [4.69, 9.17) is 9.47 Å². The number of carbonyl (C=O) groups is 1. The van der Waals surface area contributed by atoms with E-state index in [9.17, 15) is 4.79 Å². The van der Waals surface area contributed by atoms with Gasteiger partial charge >= 0.3 is 0 Å². The Balaban J connectivity index is 2.09. The molecule has 0 amide bonds. The minimum atomic E-state index is 0.0719. The third-order valence-corrected chi connectivity index (χ3v) is 4.14. The molecule has 0 spiro atoms. The van der Waals surface area contributed by atoms with E-state index < -0.39 is 0 Å². The molecule has 1 saturated heterocycles. The number of Topliss-reactive ketones (excluding diaryl/α,β-unsaturated/α-hetero) is 1. The molecule has 0 unspecified atom stereocenters. The zero-order chi connectivity index (χ0) is 16.2. The summed E-state index contributed by atoms with van der Waals surface area (Å²) >= 11 is 0. The van der Waals surface area contributed by atoms with Crippen LogP contribution in [0, 0.1) is 0 Å². The van der Waals surface area contributed by atoms with Crippen LogP contribution >= 0.6 is 0 Å². The number of ether oxygens (including phenoxy) is 2. The van der Waals surface area contributed by atoms with Crippen LogP contribution in [0.2, 0.25) is 0 Å². The Morgan fingerprint density at radius 2 is 1.91 bits per heavy atom. The van der Waals surface area contributed by atoms with Gasteiger partial charge in [0, 0.05) is 29.9 Å². The van der Waals surface area contributed by atoms with Crippen LogP contribution in [-0.2, 0) is 4.74 Å². The van der Waals surface area contributed by atoms with E-state index in [1.807, 2.05) is 42.5 Å². The lowest BCUT2D eigenvalue weighted by molar-refractivity contribution is 0.101. The van der Waals surface area contributed by atoms with Crippen molar-refractivity contribution in [3.8, 4) is 16.9 Å². The fourth-order valence-corrected chi connectivity index (χ4v) is 2.86. The average molecular weight is 311 g/mol. The van der Waals surface area contributed by atoms with Crippen molar-refractivity contribution in [3.63, 3.8) is 0 Å². The summed E-state index contributed by atoms with van der Waals surface area (Å²) in [5, 5.41) is 0. The summed E-state index contributed by atoms with van der Waals surface area (Å²) in [7, 11) is 1.66. The van der Waals surface area contributed by atoms with E-state index in [1.54, 1.807) is 14.0 Å².